The standard InChI is InChI=1S/C25H35N3O6S/c1-4-28-23-21(11-6-14-33-15-8-13-26-24(23)29)22(27-28)12-7-16-34-25(30)19-9-5-10-20(17-19)35(31,32)18(2)3/h5,9-10,17-18H,4,6-8,11-16H2,1-3H3,(H,26,29). The minimum atomic E-state index is -3.48. The molecule has 192 valence electrons. The van der Waals surface area contributed by atoms with Crippen molar-refractivity contribution in [3.05, 3.63) is 46.8 Å². The molecule has 2 heterocycles. The Morgan fingerprint density at radius 3 is 2.77 bits per heavy atom. The zero-order valence-corrected chi connectivity index (χ0v) is 21.5. The number of aryl methyl sites for hydroxylation is 2. The minimum Gasteiger partial charge on any atom is -0.462 e. The highest BCUT2D eigenvalue weighted by Gasteiger charge is 2.23. The van der Waals surface area contributed by atoms with Gasteiger partial charge in [-0.2, -0.15) is 5.10 Å². The number of ether oxygens (including phenoxy) is 2. The molecule has 0 spiro atoms. The molecular weight excluding hydrogens is 470 g/mol. The van der Waals surface area contributed by atoms with Gasteiger partial charge in [0.05, 0.1) is 28.0 Å². The molecule has 0 aliphatic carbocycles. The number of carbonyl (C=O) groups is 2. The zero-order valence-electron chi connectivity index (χ0n) is 20.7. The summed E-state index contributed by atoms with van der Waals surface area (Å²) in [6, 6.07) is 5.93. The molecule has 1 aliphatic heterocycles. The maximum Gasteiger partial charge on any atom is 0.338 e. The van der Waals surface area contributed by atoms with E-state index in [9.17, 15) is 18.0 Å². The third-order valence-corrected chi connectivity index (χ3v) is 8.08. The smallest absolute Gasteiger partial charge is 0.338 e. The molecule has 0 saturated carbocycles. The first-order chi connectivity index (χ1) is 16.8. The fraction of sp³-hybridized carbons (Fsp3) is 0.560. The normalized spacial score (nSPS) is 15.3. The largest absolute Gasteiger partial charge is 0.462 e. The van der Waals surface area contributed by atoms with Crippen LogP contribution in [0.1, 0.15) is 72.1 Å². The van der Waals surface area contributed by atoms with Crippen LogP contribution in [0.5, 0.6) is 0 Å². The molecule has 3 rings (SSSR count). The van der Waals surface area contributed by atoms with Crippen molar-refractivity contribution in [1.29, 1.82) is 0 Å². The van der Waals surface area contributed by atoms with Crippen molar-refractivity contribution in [3.63, 3.8) is 0 Å². The van der Waals surface area contributed by atoms with Crippen molar-refractivity contribution < 1.29 is 27.5 Å². The lowest BCUT2D eigenvalue weighted by Crippen LogP contribution is -2.28. The average molecular weight is 506 g/mol. The number of rotatable bonds is 8. The molecule has 0 radical (unpaired) electrons. The van der Waals surface area contributed by atoms with Crippen LogP contribution in [0.4, 0.5) is 0 Å². The maximum absolute atomic E-state index is 12.8. The summed E-state index contributed by atoms with van der Waals surface area (Å²) >= 11 is 0. The number of amides is 1. The number of sulfone groups is 1. The highest BCUT2D eigenvalue weighted by Crippen LogP contribution is 2.20. The fourth-order valence-corrected chi connectivity index (χ4v) is 5.07. The summed E-state index contributed by atoms with van der Waals surface area (Å²) in [4.78, 5) is 25.4. The Bertz CT molecular complexity index is 1140. The molecule has 1 N–H and O–H groups in total. The second kappa shape index (κ2) is 12.3. The Morgan fingerprint density at radius 2 is 2.03 bits per heavy atom. The van der Waals surface area contributed by atoms with Crippen molar-refractivity contribution in [3.8, 4) is 0 Å². The van der Waals surface area contributed by atoms with Gasteiger partial charge in [-0.25, -0.2) is 13.2 Å². The Morgan fingerprint density at radius 1 is 1.26 bits per heavy atom. The molecule has 0 bridgehead atoms. The van der Waals surface area contributed by atoms with Gasteiger partial charge in [0, 0.05) is 31.9 Å². The molecule has 9 nitrogen and oxygen atoms in total. The summed E-state index contributed by atoms with van der Waals surface area (Å²) in [6.45, 7) is 7.70. The first kappa shape index (κ1) is 26.9. The van der Waals surface area contributed by atoms with Crippen molar-refractivity contribution in [2.75, 3.05) is 26.4 Å². The van der Waals surface area contributed by atoms with Gasteiger partial charge < -0.3 is 14.8 Å². The topological polar surface area (TPSA) is 117 Å². The zero-order chi connectivity index (χ0) is 25.4. The van der Waals surface area contributed by atoms with Gasteiger partial charge in [-0.05, 0) is 71.1 Å². The van der Waals surface area contributed by atoms with E-state index in [0.717, 1.165) is 24.1 Å². The lowest BCUT2D eigenvalue weighted by molar-refractivity contribution is 0.0499. The summed E-state index contributed by atoms with van der Waals surface area (Å²) in [5.74, 6) is -0.689. The maximum atomic E-state index is 12.8. The van der Waals surface area contributed by atoms with E-state index in [4.69, 9.17) is 9.47 Å². The lowest BCUT2D eigenvalue weighted by Gasteiger charge is -2.10. The Balaban J connectivity index is 1.65. The second-order valence-electron chi connectivity index (χ2n) is 8.78. The number of fused-ring (bicyclic) bond motifs is 1. The third kappa shape index (κ3) is 6.70. The number of carbonyl (C=O) groups excluding carboxylic acids is 2. The minimum absolute atomic E-state index is 0.107. The van der Waals surface area contributed by atoms with E-state index >= 15 is 0 Å². The van der Waals surface area contributed by atoms with Crippen LogP contribution in [0, 0.1) is 0 Å². The first-order valence-corrected chi connectivity index (χ1v) is 13.8. The highest BCUT2D eigenvalue weighted by molar-refractivity contribution is 7.92. The van der Waals surface area contributed by atoms with E-state index in [2.05, 4.69) is 10.4 Å². The van der Waals surface area contributed by atoms with Crippen LogP contribution >= 0.6 is 0 Å². The Hall–Kier alpha value is -2.72. The van der Waals surface area contributed by atoms with E-state index in [0.29, 0.717) is 51.3 Å². The van der Waals surface area contributed by atoms with Gasteiger partial charge in [-0.3, -0.25) is 9.48 Å². The predicted molar refractivity (Wildman–Crippen MR) is 131 cm³/mol. The average Bonchev–Trinajstić information content (AvgIpc) is 3.18. The molecule has 0 fully saturated rings. The number of aromatic nitrogens is 2. The van der Waals surface area contributed by atoms with Gasteiger partial charge in [-0.15, -0.1) is 0 Å². The molecule has 2 aromatic rings. The Labute approximate surface area is 207 Å². The van der Waals surface area contributed by atoms with Crippen LogP contribution in [0.25, 0.3) is 0 Å². The number of esters is 1. The van der Waals surface area contributed by atoms with Crippen LogP contribution in [0.3, 0.4) is 0 Å². The molecular formula is C25H35N3O6S. The molecule has 1 aromatic carbocycles. The summed E-state index contributed by atoms with van der Waals surface area (Å²) in [6.07, 6.45) is 3.34. The number of nitrogens with one attached hydrogen (secondary N) is 1. The van der Waals surface area contributed by atoms with E-state index in [1.54, 1.807) is 30.7 Å². The van der Waals surface area contributed by atoms with Crippen molar-refractivity contribution in [1.82, 2.24) is 15.1 Å². The van der Waals surface area contributed by atoms with Crippen molar-refractivity contribution >= 4 is 21.7 Å². The molecule has 0 atom stereocenters. The lowest BCUT2D eigenvalue weighted by atomic mass is 10.0. The monoisotopic (exact) mass is 505 g/mol. The second-order valence-corrected chi connectivity index (χ2v) is 11.3. The quantitative estimate of drug-likeness (QED) is 0.433. The van der Waals surface area contributed by atoms with Gasteiger partial charge in [0.2, 0.25) is 0 Å². The van der Waals surface area contributed by atoms with Crippen molar-refractivity contribution in [2.24, 2.45) is 0 Å². The molecule has 1 aliphatic rings. The first-order valence-electron chi connectivity index (χ1n) is 12.2. The molecule has 0 saturated heterocycles. The Kier molecular flexibility index (Phi) is 9.45. The molecule has 10 heteroatoms. The third-order valence-electron chi connectivity index (χ3n) is 5.92. The summed E-state index contributed by atoms with van der Waals surface area (Å²) in [7, 11) is -3.48. The number of hydrogen-bond acceptors (Lipinski definition) is 7. The summed E-state index contributed by atoms with van der Waals surface area (Å²) in [5.41, 5.74) is 2.56. The van der Waals surface area contributed by atoms with Crippen LogP contribution in [0.15, 0.2) is 29.2 Å². The number of hydrogen-bond donors (Lipinski definition) is 1. The van der Waals surface area contributed by atoms with Gasteiger partial charge in [0.15, 0.2) is 9.84 Å². The van der Waals surface area contributed by atoms with Gasteiger partial charge in [0.1, 0.15) is 5.69 Å². The highest BCUT2D eigenvalue weighted by atomic mass is 32.2. The number of nitrogens with zero attached hydrogens (tertiary/aromatic N) is 2. The van der Waals surface area contributed by atoms with Crippen molar-refractivity contribution in [2.45, 2.75) is 69.6 Å². The van der Waals surface area contributed by atoms with Crippen LogP contribution in [-0.4, -0.2) is 61.7 Å². The molecule has 1 aromatic heterocycles. The van der Waals surface area contributed by atoms with Gasteiger partial charge >= 0.3 is 5.97 Å². The van der Waals surface area contributed by atoms with Crippen LogP contribution < -0.4 is 5.32 Å². The van der Waals surface area contributed by atoms with E-state index in [-0.39, 0.29) is 23.0 Å². The van der Waals surface area contributed by atoms with E-state index < -0.39 is 21.1 Å². The van der Waals surface area contributed by atoms with E-state index in [1.807, 2.05) is 6.92 Å². The molecule has 1 amide bonds. The fourth-order valence-electron chi connectivity index (χ4n) is 3.97. The van der Waals surface area contributed by atoms with Crippen LogP contribution in [-0.2, 0) is 38.7 Å². The molecule has 0 unspecified atom stereocenters. The number of benzene rings is 1. The van der Waals surface area contributed by atoms with E-state index in [1.165, 1.54) is 12.1 Å². The van der Waals surface area contributed by atoms with Gasteiger partial charge in [0.25, 0.3) is 5.91 Å². The van der Waals surface area contributed by atoms with Gasteiger partial charge in [-0.1, -0.05) is 6.07 Å². The van der Waals surface area contributed by atoms with Crippen LogP contribution in [0.2, 0.25) is 0 Å². The summed E-state index contributed by atoms with van der Waals surface area (Å²) < 4.78 is 37.6. The SMILES string of the molecule is CCn1nc(CCCOC(=O)c2cccc(S(=O)(=O)C(C)C)c2)c2c1C(=O)NCCCOCCC2. The molecule has 35 heavy (non-hydrogen) atoms. The predicted octanol–water partition coefficient (Wildman–Crippen LogP) is 2.96. The summed E-state index contributed by atoms with van der Waals surface area (Å²) in [5, 5.41) is 7.04.